The number of guanidine groups is 1. The van der Waals surface area contributed by atoms with Gasteiger partial charge < -0.3 is 14.8 Å². The van der Waals surface area contributed by atoms with E-state index in [9.17, 15) is 0 Å². The summed E-state index contributed by atoms with van der Waals surface area (Å²) in [5.41, 5.74) is 1.26. The van der Waals surface area contributed by atoms with E-state index < -0.39 is 0 Å². The SMILES string of the molecule is CCNC(=NCc1cnc(CC(C)C)s1)N(C)Cc1cccn1C. The molecule has 0 bridgehead atoms. The molecule has 0 aliphatic carbocycles. The summed E-state index contributed by atoms with van der Waals surface area (Å²) in [7, 11) is 4.15. The standard InChI is InChI=1S/C18H29N5S/c1-6-19-18(23(5)13-15-8-7-9-22(15)4)21-12-16-11-20-17(24-16)10-14(2)3/h7-9,11,14H,6,10,12-13H2,1-5H3,(H,19,21). The van der Waals surface area contributed by atoms with E-state index in [1.54, 1.807) is 11.3 Å². The molecular weight excluding hydrogens is 318 g/mol. The van der Waals surface area contributed by atoms with Crippen LogP contribution in [0.25, 0.3) is 0 Å². The Morgan fingerprint density at radius 1 is 1.46 bits per heavy atom. The van der Waals surface area contributed by atoms with Crippen molar-refractivity contribution in [1.82, 2.24) is 19.8 Å². The van der Waals surface area contributed by atoms with Crippen molar-refractivity contribution in [2.24, 2.45) is 18.0 Å². The molecule has 2 heterocycles. The number of nitrogens with one attached hydrogen (secondary N) is 1. The number of aromatic nitrogens is 2. The fourth-order valence-electron chi connectivity index (χ4n) is 2.47. The van der Waals surface area contributed by atoms with Gasteiger partial charge in [-0.15, -0.1) is 11.3 Å². The minimum Gasteiger partial charge on any atom is -0.357 e. The first-order chi connectivity index (χ1) is 11.5. The number of aliphatic imine (C=N–C) groups is 1. The van der Waals surface area contributed by atoms with Crippen molar-refractivity contribution in [2.75, 3.05) is 13.6 Å². The van der Waals surface area contributed by atoms with Crippen LogP contribution in [-0.2, 0) is 26.6 Å². The third kappa shape index (κ3) is 5.37. The van der Waals surface area contributed by atoms with Crippen molar-refractivity contribution in [1.29, 1.82) is 0 Å². The van der Waals surface area contributed by atoms with Gasteiger partial charge in [0, 0.05) is 50.0 Å². The molecule has 6 heteroatoms. The zero-order chi connectivity index (χ0) is 17.5. The Hall–Kier alpha value is -1.82. The van der Waals surface area contributed by atoms with Crippen molar-refractivity contribution in [3.05, 3.63) is 40.1 Å². The van der Waals surface area contributed by atoms with Gasteiger partial charge >= 0.3 is 0 Å². The molecule has 0 fully saturated rings. The average Bonchev–Trinajstić information content (AvgIpc) is 3.12. The van der Waals surface area contributed by atoms with Crippen LogP contribution in [0.1, 0.15) is 36.3 Å². The quantitative estimate of drug-likeness (QED) is 0.617. The van der Waals surface area contributed by atoms with E-state index in [2.05, 4.69) is 73.0 Å². The molecule has 24 heavy (non-hydrogen) atoms. The van der Waals surface area contributed by atoms with Crippen molar-refractivity contribution < 1.29 is 0 Å². The van der Waals surface area contributed by atoms with Crippen molar-refractivity contribution in [3.63, 3.8) is 0 Å². The fraction of sp³-hybridized carbons (Fsp3) is 0.556. The molecule has 0 atom stereocenters. The summed E-state index contributed by atoms with van der Waals surface area (Å²) < 4.78 is 2.14. The molecule has 1 N–H and O–H groups in total. The summed E-state index contributed by atoms with van der Waals surface area (Å²) in [5.74, 6) is 1.57. The Morgan fingerprint density at radius 3 is 2.88 bits per heavy atom. The minimum absolute atomic E-state index is 0.640. The van der Waals surface area contributed by atoms with Gasteiger partial charge in [-0.2, -0.15) is 0 Å². The molecule has 2 aromatic heterocycles. The fourth-order valence-corrected chi connectivity index (χ4v) is 3.53. The predicted octanol–water partition coefficient (Wildman–Crippen LogP) is 3.28. The number of aryl methyl sites for hydroxylation is 1. The summed E-state index contributed by atoms with van der Waals surface area (Å²) in [6, 6.07) is 4.21. The second-order valence-electron chi connectivity index (χ2n) is 6.45. The van der Waals surface area contributed by atoms with Gasteiger partial charge in [0.1, 0.15) is 0 Å². The maximum Gasteiger partial charge on any atom is 0.194 e. The van der Waals surface area contributed by atoms with Crippen LogP contribution in [0, 0.1) is 5.92 Å². The van der Waals surface area contributed by atoms with Gasteiger partial charge in [-0.05, 0) is 25.0 Å². The lowest BCUT2D eigenvalue weighted by molar-refractivity contribution is 0.462. The smallest absolute Gasteiger partial charge is 0.194 e. The average molecular weight is 348 g/mol. The normalized spacial score (nSPS) is 12.0. The van der Waals surface area contributed by atoms with Gasteiger partial charge in [0.2, 0.25) is 0 Å². The van der Waals surface area contributed by atoms with Gasteiger partial charge in [0.05, 0.1) is 18.1 Å². The Balaban J connectivity index is 2.01. The van der Waals surface area contributed by atoms with E-state index in [1.165, 1.54) is 15.6 Å². The Bertz CT molecular complexity index is 656. The molecule has 0 saturated carbocycles. The number of rotatable bonds is 7. The van der Waals surface area contributed by atoms with Crippen LogP contribution in [0.4, 0.5) is 0 Å². The number of hydrogen-bond donors (Lipinski definition) is 1. The molecular formula is C18H29N5S. The Kier molecular flexibility index (Phi) is 6.85. The number of nitrogens with zero attached hydrogens (tertiary/aromatic N) is 4. The molecule has 2 aromatic rings. The van der Waals surface area contributed by atoms with Gasteiger partial charge in [-0.3, -0.25) is 0 Å². The summed E-state index contributed by atoms with van der Waals surface area (Å²) in [6.07, 6.45) is 5.08. The molecule has 5 nitrogen and oxygen atoms in total. The highest BCUT2D eigenvalue weighted by molar-refractivity contribution is 7.11. The van der Waals surface area contributed by atoms with E-state index in [1.807, 2.05) is 6.20 Å². The largest absolute Gasteiger partial charge is 0.357 e. The first-order valence-corrected chi connectivity index (χ1v) is 9.34. The zero-order valence-corrected chi connectivity index (χ0v) is 16.2. The second-order valence-corrected chi connectivity index (χ2v) is 7.65. The predicted molar refractivity (Wildman–Crippen MR) is 102 cm³/mol. The molecule has 0 amide bonds. The van der Waals surface area contributed by atoms with Crippen LogP contribution in [0.5, 0.6) is 0 Å². The minimum atomic E-state index is 0.640. The van der Waals surface area contributed by atoms with Crippen molar-refractivity contribution in [3.8, 4) is 0 Å². The summed E-state index contributed by atoms with van der Waals surface area (Å²) in [4.78, 5) is 12.7. The van der Waals surface area contributed by atoms with Crippen LogP contribution < -0.4 is 5.32 Å². The Morgan fingerprint density at radius 2 is 2.25 bits per heavy atom. The molecule has 0 radical (unpaired) electrons. The van der Waals surface area contributed by atoms with Gasteiger partial charge in [-0.25, -0.2) is 9.98 Å². The molecule has 0 saturated heterocycles. The van der Waals surface area contributed by atoms with Crippen molar-refractivity contribution >= 4 is 17.3 Å². The van der Waals surface area contributed by atoms with E-state index in [0.29, 0.717) is 12.5 Å². The molecule has 0 spiro atoms. The van der Waals surface area contributed by atoms with Gasteiger partial charge in [-0.1, -0.05) is 13.8 Å². The highest BCUT2D eigenvalue weighted by Gasteiger charge is 2.09. The zero-order valence-electron chi connectivity index (χ0n) is 15.4. The lowest BCUT2D eigenvalue weighted by Gasteiger charge is -2.22. The number of hydrogen-bond acceptors (Lipinski definition) is 3. The van der Waals surface area contributed by atoms with Crippen LogP contribution in [-0.4, -0.2) is 34.0 Å². The van der Waals surface area contributed by atoms with Crippen LogP contribution >= 0.6 is 11.3 Å². The summed E-state index contributed by atoms with van der Waals surface area (Å²) in [6.45, 7) is 8.91. The molecule has 2 rings (SSSR count). The first-order valence-electron chi connectivity index (χ1n) is 8.52. The Labute approximate surface area is 149 Å². The van der Waals surface area contributed by atoms with Gasteiger partial charge in [0.25, 0.3) is 0 Å². The lowest BCUT2D eigenvalue weighted by Crippen LogP contribution is -2.38. The monoisotopic (exact) mass is 347 g/mol. The topological polar surface area (TPSA) is 45.5 Å². The lowest BCUT2D eigenvalue weighted by atomic mass is 10.1. The van der Waals surface area contributed by atoms with Crippen LogP contribution in [0.3, 0.4) is 0 Å². The van der Waals surface area contributed by atoms with E-state index >= 15 is 0 Å². The summed E-state index contributed by atoms with van der Waals surface area (Å²) >= 11 is 1.77. The number of thiazole rings is 1. The third-order valence-corrected chi connectivity index (χ3v) is 4.72. The molecule has 0 unspecified atom stereocenters. The highest BCUT2D eigenvalue weighted by Crippen LogP contribution is 2.17. The second kappa shape index (κ2) is 8.87. The molecule has 0 aliphatic rings. The maximum atomic E-state index is 4.78. The van der Waals surface area contributed by atoms with Crippen LogP contribution in [0.2, 0.25) is 0 Å². The maximum absolute atomic E-state index is 4.78. The van der Waals surface area contributed by atoms with Crippen molar-refractivity contribution in [2.45, 2.75) is 40.3 Å². The third-order valence-electron chi connectivity index (χ3n) is 3.72. The highest BCUT2D eigenvalue weighted by atomic mass is 32.1. The summed E-state index contributed by atoms with van der Waals surface area (Å²) in [5, 5.41) is 4.58. The molecule has 0 aromatic carbocycles. The van der Waals surface area contributed by atoms with Gasteiger partial charge in [0.15, 0.2) is 5.96 Å². The van der Waals surface area contributed by atoms with E-state index in [4.69, 9.17) is 4.99 Å². The van der Waals surface area contributed by atoms with E-state index in [0.717, 1.165) is 25.5 Å². The first kappa shape index (κ1) is 18.5. The molecule has 0 aliphatic heterocycles. The molecule has 132 valence electrons. The van der Waals surface area contributed by atoms with Crippen LogP contribution in [0.15, 0.2) is 29.5 Å². The van der Waals surface area contributed by atoms with E-state index in [-0.39, 0.29) is 0 Å².